The largest absolute Gasteiger partial charge is 0.309 e. The minimum atomic E-state index is -0.0331. The summed E-state index contributed by atoms with van der Waals surface area (Å²) in [4.78, 5) is 0. The highest BCUT2D eigenvalue weighted by atomic mass is 79.9. The van der Waals surface area contributed by atoms with E-state index in [-0.39, 0.29) is 6.04 Å². The number of benzene rings is 2. The van der Waals surface area contributed by atoms with Gasteiger partial charge in [0.1, 0.15) is 0 Å². The molecule has 108 valence electrons. The van der Waals surface area contributed by atoms with Crippen LogP contribution in [-0.4, -0.2) is 7.05 Å². The number of halogens is 3. The number of rotatable bonds is 3. The van der Waals surface area contributed by atoms with Gasteiger partial charge >= 0.3 is 0 Å². The molecule has 1 atom stereocenters. The minimum absolute atomic E-state index is 0.0331. The Hall–Kier alpha value is -0.580. The van der Waals surface area contributed by atoms with Crippen LogP contribution < -0.4 is 5.32 Å². The maximum atomic E-state index is 6.37. The molecular formula is C16H12BrCl2NS. The molecule has 5 heteroatoms. The van der Waals surface area contributed by atoms with Crippen molar-refractivity contribution in [3.63, 3.8) is 0 Å². The molecule has 0 bridgehead atoms. The molecule has 0 aliphatic heterocycles. The highest BCUT2D eigenvalue weighted by Gasteiger charge is 2.21. The topological polar surface area (TPSA) is 12.0 Å². The Bertz CT molecular complexity index is 780. The standard InChI is InChI=1S/C16H12BrCl2NS/c1-20-15(14-12(18)6-3-7-13(14)19)10-8-21-16-9(10)4-2-5-11(16)17/h2-8,15,20H,1H3. The van der Waals surface area contributed by atoms with Crippen LogP contribution in [0.3, 0.4) is 0 Å². The number of hydrogen-bond donors (Lipinski definition) is 1. The summed E-state index contributed by atoms with van der Waals surface area (Å²) in [5.41, 5.74) is 2.11. The summed E-state index contributed by atoms with van der Waals surface area (Å²) in [5, 5.41) is 8.07. The Morgan fingerprint density at radius 3 is 2.43 bits per heavy atom. The third-order valence-corrected chi connectivity index (χ3v) is 6.10. The maximum absolute atomic E-state index is 6.37. The van der Waals surface area contributed by atoms with E-state index < -0.39 is 0 Å². The molecule has 0 saturated heterocycles. The summed E-state index contributed by atoms with van der Waals surface area (Å²) in [6.45, 7) is 0. The SMILES string of the molecule is CNC(c1c(Cl)cccc1Cl)c1csc2c(Br)cccc12. The van der Waals surface area contributed by atoms with Gasteiger partial charge in [-0.05, 0) is 57.5 Å². The Morgan fingerprint density at radius 1 is 1.10 bits per heavy atom. The molecule has 3 rings (SSSR count). The van der Waals surface area contributed by atoms with Crippen molar-refractivity contribution >= 4 is 60.6 Å². The number of thiophene rings is 1. The molecule has 0 radical (unpaired) electrons. The molecule has 1 heterocycles. The van der Waals surface area contributed by atoms with Crippen LogP contribution in [0.4, 0.5) is 0 Å². The van der Waals surface area contributed by atoms with Crippen LogP contribution in [0.1, 0.15) is 17.2 Å². The molecule has 0 fully saturated rings. The van der Waals surface area contributed by atoms with Crippen molar-refractivity contribution in [2.24, 2.45) is 0 Å². The highest BCUT2D eigenvalue weighted by Crippen LogP contribution is 2.40. The van der Waals surface area contributed by atoms with E-state index >= 15 is 0 Å². The highest BCUT2D eigenvalue weighted by molar-refractivity contribution is 9.10. The normalized spacial score (nSPS) is 12.8. The van der Waals surface area contributed by atoms with Gasteiger partial charge in [-0.25, -0.2) is 0 Å². The van der Waals surface area contributed by atoms with E-state index in [1.165, 1.54) is 15.6 Å². The monoisotopic (exact) mass is 399 g/mol. The van der Waals surface area contributed by atoms with E-state index in [1.807, 2.05) is 31.3 Å². The Balaban J connectivity index is 2.22. The first kappa shape index (κ1) is 15.3. The smallest absolute Gasteiger partial charge is 0.0618 e. The lowest BCUT2D eigenvalue weighted by atomic mass is 9.98. The first-order valence-corrected chi connectivity index (χ1v) is 8.83. The van der Waals surface area contributed by atoms with Gasteiger partial charge < -0.3 is 5.32 Å². The fourth-order valence-electron chi connectivity index (χ4n) is 2.51. The van der Waals surface area contributed by atoms with E-state index in [0.29, 0.717) is 10.0 Å². The first-order chi connectivity index (χ1) is 10.1. The van der Waals surface area contributed by atoms with Gasteiger partial charge in [-0.2, -0.15) is 0 Å². The maximum Gasteiger partial charge on any atom is 0.0618 e. The average molecular weight is 401 g/mol. The van der Waals surface area contributed by atoms with E-state index in [0.717, 1.165) is 10.0 Å². The molecule has 21 heavy (non-hydrogen) atoms. The second kappa shape index (κ2) is 6.27. The van der Waals surface area contributed by atoms with Crippen molar-refractivity contribution in [1.29, 1.82) is 0 Å². The summed E-state index contributed by atoms with van der Waals surface area (Å²) >= 11 is 18.1. The molecule has 1 nitrogen and oxygen atoms in total. The molecule has 3 aromatic rings. The molecule has 0 spiro atoms. The lowest BCUT2D eigenvalue weighted by molar-refractivity contribution is 0.699. The Kier molecular flexibility index (Phi) is 4.57. The molecule has 1 N–H and O–H groups in total. The van der Waals surface area contributed by atoms with Crippen molar-refractivity contribution in [2.75, 3.05) is 7.05 Å². The summed E-state index contributed by atoms with van der Waals surface area (Å²) in [7, 11) is 1.92. The van der Waals surface area contributed by atoms with Crippen LogP contribution >= 0.6 is 50.5 Å². The Labute approximate surface area is 146 Å². The third kappa shape index (κ3) is 2.73. The van der Waals surface area contributed by atoms with Crippen LogP contribution in [0.15, 0.2) is 46.3 Å². The lowest BCUT2D eigenvalue weighted by Crippen LogP contribution is -2.18. The van der Waals surface area contributed by atoms with Gasteiger partial charge in [0.2, 0.25) is 0 Å². The summed E-state index contributed by atoms with van der Waals surface area (Å²) in [6.07, 6.45) is 0. The van der Waals surface area contributed by atoms with Gasteiger partial charge in [0.15, 0.2) is 0 Å². The van der Waals surface area contributed by atoms with Crippen molar-refractivity contribution in [2.45, 2.75) is 6.04 Å². The van der Waals surface area contributed by atoms with Crippen LogP contribution in [0, 0.1) is 0 Å². The predicted molar refractivity (Wildman–Crippen MR) is 96.9 cm³/mol. The van der Waals surface area contributed by atoms with Gasteiger partial charge in [-0.1, -0.05) is 41.4 Å². The quantitative estimate of drug-likeness (QED) is 0.545. The van der Waals surface area contributed by atoms with Crippen LogP contribution in [0.25, 0.3) is 10.1 Å². The van der Waals surface area contributed by atoms with E-state index in [1.54, 1.807) is 11.3 Å². The molecule has 2 aromatic carbocycles. The van der Waals surface area contributed by atoms with Crippen molar-refractivity contribution < 1.29 is 0 Å². The van der Waals surface area contributed by atoms with Gasteiger partial charge in [0.05, 0.1) is 6.04 Å². The van der Waals surface area contributed by atoms with Crippen molar-refractivity contribution in [1.82, 2.24) is 5.32 Å². The van der Waals surface area contributed by atoms with Gasteiger partial charge in [-0.15, -0.1) is 11.3 Å². The first-order valence-electron chi connectivity index (χ1n) is 6.40. The van der Waals surface area contributed by atoms with Crippen molar-refractivity contribution in [3.8, 4) is 0 Å². The fourth-order valence-corrected chi connectivity index (χ4v) is 4.77. The zero-order valence-corrected chi connectivity index (χ0v) is 15.1. The second-order valence-electron chi connectivity index (χ2n) is 4.66. The van der Waals surface area contributed by atoms with Crippen LogP contribution in [0.2, 0.25) is 10.0 Å². The fraction of sp³-hybridized carbons (Fsp3) is 0.125. The van der Waals surface area contributed by atoms with E-state index in [4.69, 9.17) is 23.2 Å². The summed E-state index contributed by atoms with van der Waals surface area (Å²) < 4.78 is 2.34. The number of nitrogens with one attached hydrogen (secondary N) is 1. The zero-order chi connectivity index (χ0) is 15.0. The number of hydrogen-bond acceptors (Lipinski definition) is 2. The zero-order valence-electron chi connectivity index (χ0n) is 11.2. The van der Waals surface area contributed by atoms with Gasteiger partial charge in [0, 0.05) is 24.8 Å². The van der Waals surface area contributed by atoms with Crippen molar-refractivity contribution in [3.05, 3.63) is 67.4 Å². The molecule has 0 aliphatic rings. The van der Waals surface area contributed by atoms with E-state index in [9.17, 15) is 0 Å². The third-order valence-electron chi connectivity index (χ3n) is 3.47. The van der Waals surface area contributed by atoms with Gasteiger partial charge in [-0.3, -0.25) is 0 Å². The molecule has 0 aliphatic carbocycles. The lowest BCUT2D eigenvalue weighted by Gasteiger charge is -2.19. The van der Waals surface area contributed by atoms with Crippen LogP contribution in [0.5, 0.6) is 0 Å². The molecule has 1 aromatic heterocycles. The van der Waals surface area contributed by atoms with Gasteiger partial charge in [0.25, 0.3) is 0 Å². The minimum Gasteiger partial charge on any atom is -0.309 e. The molecular weight excluding hydrogens is 389 g/mol. The van der Waals surface area contributed by atoms with E-state index in [2.05, 4.69) is 38.8 Å². The average Bonchev–Trinajstić information content (AvgIpc) is 2.88. The van der Waals surface area contributed by atoms with Crippen LogP contribution in [-0.2, 0) is 0 Å². The second-order valence-corrected chi connectivity index (χ2v) is 7.21. The Morgan fingerprint density at radius 2 is 1.76 bits per heavy atom. The summed E-state index contributed by atoms with van der Waals surface area (Å²) in [6, 6.07) is 11.8. The summed E-state index contributed by atoms with van der Waals surface area (Å²) in [5.74, 6) is 0. The molecule has 1 unspecified atom stereocenters. The predicted octanol–water partition coefficient (Wildman–Crippen LogP) is 6.28. The molecule has 0 amide bonds. The molecule has 0 saturated carbocycles. The number of fused-ring (bicyclic) bond motifs is 1.